The molecule has 1 fully saturated rings. The van der Waals surface area contributed by atoms with Crippen LogP contribution < -0.4 is 14.9 Å². The first-order chi connectivity index (χ1) is 24.3. The molecule has 0 bridgehead atoms. The van der Waals surface area contributed by atoms with Crippen molar-refractivity contribution in [1.29, 1.82) is 0 Å². The summed E-state index contributed by atoms with van der Waals surface area (Å²) in [5.41, 5.74) is 2.70. The predicted molar refractivity (Wildman–Crippen MR) is 207 cm³/mol. The maximum absolute atomic E-state index is 13.2. The molecule has 1 saturated carbocycles. The summed E-state index contributed by atoms with van der Waals surface area (Å²) in [6, 6.07) is 32.1. The molecule has 6 aromatic rings. The number of nitrogens with zero attached hydrogens (tertiary/aromatic N) is 3. The second kappa shape index (κ2) is 14.6. The Kier molecular flexibility index (Phi) is 9.83. The van der Waals surface area contributed by atoms with Gasteiger partial charge in [0.15, 0.2) is 0 Å². The number of rotatable bonds is 12. The van der Waals surface area contributed by atoms with Crippen molar-refractivity contribution in [3.63, 3.8) is 0 Å². The van der Waals surface area contributed by atoms with Crippen LogP contribution in [0.15, 0.2) is 119 Å². The van der Waals surface area contributed by atoms with Gasteiger partial charge in [-0.2, -0.15) is 9.55 Å². The van der Waals surface area contributed by atoms with Gasteiger partial charge in [-0.15, -0.1) is 0 Å². The quantitative estimate of drug-likeness (QED) is 0.0949. The highest BCUT2D eigenvalue weighted by molar-refractivity contribution is 8.10. The van der Waals surface area contributed by atoms with Crippen molar-refractivity contribution in [2.24, 2.45) is 0 Å². The molecule has 2 heterocycles. The Morgan fingerprint density at radius 3 is 2.56 bits per heavy atom. The molecule has 4 aromatic carbocycles. The third-order valence-corrected chi connectivity index (χ3v) is 12.1. The summed E-state index contributed by atoms with van der Waals surface area (Å²) in [7, 11) is 1.62. The van der Waals surface area contributed by atoms with E-state index in [0.29, 0.717) is 22.5 Å². The molecule has 9 nitrogen and oxygen atoms in total. The summed E-state index contributed by atoms with van der Waals surface area (Å²) in [6.07, 6.45) is 7.19. The fourth-order valence-corrected chi connectivity index (χ4v) is 9.40. The first-order valence-electron chi connectivity index (χ1n) is 16.2. The molecule has 0 aliphatic heterocycles. The zero-order valence-electron chi connectivity index (χ0n) is 27.4. The monoisotopic (exact) mass is 723 g/mol. The second-order valence-corrected chi connectivity index (χ2v) is 16.3. The van der Waals surface area contributed by atoms with Gasteiger partial charge in [0.1, 0.15) is 17.9 Å². The van der Waals surface area contributed by atoms with Gasteiger partial charge in [0, 0.05) is 36.7 Å². The standard InChI is InChI=1S/C38H34N5O4PS2.2H2/c1-25(38(45)46-28-18-19-28)42-48(49,47-35-15-9-11-26-10-3-4-13-30(26)35)43-34-24-29(50-36-16-6-5-14-32(36)37(44)39-2)20-21-31(34)33(41-43)22-17-27-12-7-8-23-40-27;;/h3-17,20-25,28H,18-19H2,1-2H3,(H,39,44)(H,42,49);2*1H/b22-17+;;/t25-,48?;;/m0../s1. The minimum Gasteiger partial charge on any atom is -0.461 e. The van der Waals surface area contributed by atoms with Gasteiger partial charge in [0.05, 0.1) is 22.5 Å². The Balaban J connectivity index is 0.00000261. The number of carbonyl (C=O) groups is 2. The van der Waals surface area contributed by atoms with Crippen molar-refractivity contribution in [3.05, 3.63) is 126 Å². The number of pyridine rings is 1. The maximum Gasteiger partial charge on any atom is 0.323 e. The summed E-state index contributed by atoms with van der Waals surface area (Å²) < 4.78 is 14.2. The molecule has 50 heavy (non-hydrogen) atoms. The van der Waals surface area contributed by atoms with E-state index in [9.17, 15) is 9.59 Å². The number of fused-ring (bicyclic) bond motifs is 2. The maximum atomic E-state index is 13.2. The fourth-order valence-electron chi connectivity index (χ4n) is 5.41. The Morgan fingerprint density at radius 2 is 1.76 bits per heavy atom. The van der Waals surface area contributed by atoms with Gasteiger partial charge in [-0.05, 0) is 97.6 Å². The van der Waals surface area contributed by atoms with Crippen molar-refractivity contribution >= 4 is 75.8 Å². The van der Waals surface area contributed by atoms with Crippen molar-refractivity contribution in [3.8, 4) is 5.75 Å². The van der Waals surface area contributed by atoms with Crippen LogP contribution in [-0.4, -0.2) is 45.6 Å². The lowest BCUT2D eigenvalue weighted by molar-refractivity contribution is -0.146. The molecule has 2 aromatic heterocycles. The number of carbonyl (C=O) groups excluding carboxylic acids is 2. The molecule has 0 spiro atoms. The largest absolute Gasteiger partial charge is 0.461 e. The van der Waals surface area contributed by atoms with E-state index in [0.717, 1.165) is 44.5 Å². The lowest BCUT2D eigenvalue weighted by atomic mass is 10.1. The number of hydrogen-bond donors (Lipinski definition) is 2. The minimum atomic E-state index is -3.42. The Hall–Kier alpha value is -4.80. The highest BCUT2D eigenvalue weighted by Crippen LogP contribution is 2.50. The average Bonchev–Trinajstić information content (AvgIpc) is 3.88. The molecule has 1 aliphatic carbocycles. The normalized spacial score (nSPS) is 14.8. The van der Waals surface area contributed by atoms with Crippen molar-refractivity contribution in [2.75, 3.05) is 7.05 Å². The molecule has 1 unspecified atom stereocenters. The Labute approximate surface area is 302 Å². The smallest absolute Gasteiger partial charge is 0.323 e. The topological polar surface area (TPSA) is 107 Å². The van der Waals surface area contributed by atoms with E-state index in [1.54, 1.807) is 30.7 Å². The summed E-state index contributed by atoms with van der Waals surface area (Å²) in [5.74, 6) is 0.00871. The summed E-state index contributed by atoms with van der Waals surface area (Å²) >= 11 is 7.94. The average molecular weight is 724 g/mol. The summed E-state index contributed by atoms with van der Waals surface area (Å²) in [5, 5.41) is 13.9. The van der Waals surface area contributed by atoms with E-state index in [1.165, 1.54) is 11.8 Å². The highest BCUT2D eigenvalue weighted by Gasteiger charge is 2.34. The van der Waals surface area contributed by atoms with Crippen LogP contribution in [0.4, 0.5) is 0 Å². The highest BCUT2D eigenvalue weighted by atomic mass is 32.5. The van der Waals surface area contributed by atoms with Crippen LogP contribution in [0.5, 0.6) is 5.75 Å². The summed E-state index contributed by atoms with van der Waals surface area (Å²) in [4.78, 5) is 32.0. The van der Waals surface area contributed by atoms with E-state index in [1.807, 2.05) is 109 Å². The number of ether oxygens (including phenoxy) is 1. The fraction of sp³-hybridized carbons (Fsp3) is 0.158. The van der Waals surface area contributed by atoms with Crippen LogP contribution in [0.2, 0.25) is 0 Å². The van der Waals surface area contributed by atoms with Crippen molar-refractivity contribution in [1.82, 2.24) is 24.9 Å². The van der Waals surface area contributed by atoms with Crippen LogP contribution in [0.1, 0.15) is 44.4 Å². The SMILES string of the molecule is CNC(=O)c1ccccc1Sc1ccc2c(/C=C/c3ccccn3)nn(P(=S)(N[C@@H](C)C(=O)OC3CC3)Oc3cccc4ccccc34)c2c1.[HH].[HH]. The number of esters is 1. The summed E-state index contributed by atoms with van der Waals surface area (Å²) in [6.45, 7) is -1.68. The minimum absolute atomic E-state index is 0. The number of aromatic nitrogens is 3. The lowest BCUT2D eigenvalue weighted by Gasteiger charge is -2.28. The third-order valence-electron chi connectivity index (χ3n) is 8.09. The van der Waals surface area contributed by atoms with Gasteiger partial charge >= 0.3 is 5.97 Å². The first-order valence-corrected chi connectivity index (χ1v) is 19.7. The van der Waals surface area contributed by atoms with Crippen LogP contribution in [0.25, 0.3) is 33.8 Å². The van der Waals surface area contributed by atoms with E-state index in [4.69, 9.17) is 26.2 Å². The molecule has 256 valence electrons. The molecule has 7 rings (SSSR count). The van der Waals surface area contributed by atoms with Gasteiger partial charge in [0.2, 0.25) is 0 Å². The zero-order valence-corrected chi connectivity index (χ0v) is 29.9. The molecule has 0 saturated heterocycles. The van der Waals surface area contributed by atoms with Crippen molar-refractivity contribution < 1.29 is 21.7 Å². The number of amides is 1. The molecule has 12 heteroatoms. The Morgan fingerprint density at radius 1 is 0.980 bits per heavy atom. The van der Waals surface area contributed by atoms with E-state index in [-0.39, 0.29) is 14.9 Å². The van der Waals surface area contributed by atoms with Crippen LogP contribution in [-0.2, 0) is 21.3 Å². The van der Waals surface area contributed by atoms with Crippen LogP contribution >= 0.6 is 18.3 Å². The molecular formula is C38H38N5O4PS2. The lowest BCUT2D eigenvalue weighted by Crippen LogP contribution is -2.36. The molecule has 1 amide bonds. The first kappa shape index (κ1) is 33.7. The van der Waals surface area contributed by atoms with Crippen molar-refractivity contribution in [2.45, 2.75) is 41.7 Å². The number of nitrogens with one attached hydrogen (secondary N) is 2. The number of hydrogen-bond acceptors (Lipinski definition) is 8. The van der Waals surface area contributed by atoms with E-state index < -0.39 is 18.6 Å². The predicted octanol–water partition coefficient (Wildman–Crippen LogP) is 8.59. The van der Waals surface area contributed by atoms with Gasteiger partial charge in [-0.25, -0.2) is 5.09 Å². The molecular weight excluding hydrogens is 686 g/mol. The van der Waals surface area contributed by atoms with Gasteiger partial charge in [-0.3, -0.25) is 14.6 Å². The van der Waals surface area contributed by atoms with E-state index >= 15 is 0 Å². The number of benzene rings is 4. The van der Waals surface area contributed by atoms with Gasteiger partial charge < -0.3 is 14.6 Å². The van der Waals surface area contributed by atoms with Crippen LogP contribution in [0, 0.1) is 0 Å². The molecule has 0 radical (unpaired) electrons. The van der Waals surface area contributed by atoms with Gasteiger partial charge in [0.25, 0.3) is 12.5 Å². The van der Waals surface area contributed by atoms with Crippen LogP contribution in [0.3, 0.4) is 0 Å². The third kappa shape index (κ3) is 7.37. The molecule has 1 aliphatic rings. The Bertz CT molecular complexity index is 2300. The van der Waals surface area contributed by atoms with E-state index in [2.05, 4.69) is 15.4 Å². The second-order valence-electron chi connectivity index (χ2n) is 11.8. The molecule has 2 atom stereocenters. The zero-order chi connectivity index (χ0) is 34.7. The molecule has 2 N–H and O–H groups in total. The van der Waals surface area contributed by atoms with Gasteiger partial charge in [-0.1, -0.05) is 66.4 Å².